The van der Waals surface area contributed by atoms with Crippen molar-refractivity contribution in [2.75, 3.05) is 16.8 Å². The summed E-state index contributed by atoms with van der Waals surface area (Å²) < 4.78 is 23.4. The predicted molar refractivity (Wildman–Crippen MR) is 82.3 cm³/mol. The van der Waals surface area contributed by atoms with Crippen molar-refractivity contribution in [3.05, 3.63) is 54.1 Å². The number of rotatable bonds is 5. The first-order chi connectivity index (χ1) is 9.53. The first-order valence-electron chi connectivity index (χ1n) is 6.43. The highest BCUT2D eigenvalue weighted by Crippen LogP contribution is 2.17. The van der Waals surface area contributed by atoms with E-state index in [4.69, 9.17) is 5.73 Å². The fourth-order valence-corrected chi connectivity index (χ4v) is 2.72. The van der Waals surface area contributed by atoms with Gasteiger partial charge in [0.1, 0.15) is 0 Å². The Kier molecular flexibility index (Phi) is 4.29. The lowest BCUT2D eigenvalue weighted by Gasteiger charge is -2.09. The van der Waals surface area contributed by atoms with Crippen molar-refractivity contribution in [2.24, 2.45) is 0 Å². The van der Waals surface area contributed by atoms with Crippen molar-refractivity contribution in [3.63, 3.8) is 0 Å². The number of hydrogen-bond donors (Lipinski definition) is 2. The number of nitrogen functional groups attached to an aromatic ring is 1. The third kappa shape index (κ3) is 3.30. The first kappa shape index (κ1) is 14.4. The smallest absolute Gasteiger partial charge is 0.178 e. The Hall–Kier alpha value is -2.01. The fraction of sp³-hybridized carbons (Fsp3) is 0.200. The minimum absolute atomic E-state index is 0.111. The van der Waals surface area contributed by atoms with E-state index in [0.717, 1.165) is 16.9 Å². The topological polar surface area (TPSA) is 72.2 Å². The summed E-state index contributed by atoms with van der Waals surface area (Å²) in [5.74, 6) is 0.111. The maximum absolute atomic E-state index is 11.7. The molecule has 3 N–H and O–H groups in total. The van der Waals surface area contributed by atoms with Crippen LogP contribution in [-0.4, -0.2) is 14.2 Å². The number of nitrogens with two attached hydrogens (primary N) is 1. The molecule has 0 bridgehead atoms. The number of sulfone groups is 1. The Morgan fingerprint density at radius 1 is 1.05 bits per heavy atom. The van der Waals surface area contributed by atoms with E-state index in [9.17, 15) is 8.42 Å². The van der Waals surface area contributed by atoms with Gasteiger partial charge in [-0.2, -0.15) is 0 Å². The highest BCUT2D eigenvalue weighted by Gasteiger charge is 2.10. The Bertz CT molecular complexity index is 679. The van der Waals surface area contributed by atoms with Crippen molar-refractivity contribution in [1.29, 1.82) is 0 Å². The zero-order valence-corrected chi connectivity index (χ0v) is 12.2. The van der Waals surface area contributed by atoms with E-state index in [-0.39, 0.29) is 5.75 Å². The fourth-order valence-electron chi connectivity index (χ4n) is 1.84. The van der Waals surface area contributed by atoms with Gasteiger partial charge in [-0.15, -0.1) is 0 Å². The molecule has 0 atom stereocenters. The van der Waals surface area contributed by atoms with Crippen molar-refractivity contribution in [1.82, 2.24) is 0 Å². The quantitative estimate of drug-likeness (QED) is 0.830. The van der Waals surface area contributed by atoms with Crippen LogP contribution in [0.15, 0.2) is 53.4 Å². The zero-order chi connectivity index (χ0) is 14.6. The molecule has 2 rings (SSSR count). The van der Waals surface area contributed by atoms with E-state index >= 15 is 0 Å². The molecule has 0 radical (unpaired) electrons. The largest absolute Gasteiger partial charge is 0.398 e. The average molecular weight is 290 g/mol. The van der Waals surface area contributed by atoms with Crippen LogP contribution >= 0.6 is 0 Å². The first-order valence-corrected chi connectivity index (χ1v) is 8.08. The second kappa shape index (κ2) is 5.96. The molecule has 0 aliphatic carbocycles. The van der Waals surface area contributed by atoms with Crippen LogP contribution in [0.25, 0.3) is 0 Å². The third-order valence-corrected chi connectivity index (χ3v) is 4.88. The van der Waals surface area contributed by atoms with Crippen LogP contribution in [-0.2, 0) is 16.4 Å². The van der Waals surface area contributed by atoms with Crippen LogP contribution in [0.3, 0.4) is 0 Å². The molecule has 0 heterocycles. The molecule has 5 heteroatoms. The molecule has 4 nitrogen and oxygen atoms in total. The Morgan fingerprint density at radius 2 is 1.70 bits per heavy atom. The van der Waals surface area contributed by atoms with Crippen molar-refractivity contribution >= 4 is 21.2 Å². The highest BCUT2D eigenvalue weighted by atomic mass is 32.2. The van der Waals surface area contributed by atoms with Crippen LogP contribution in [0.2, 0.25) is 0 Å². The van der Waals surface area contributed by atoms with Crippen LogP contribution in [0.4, 0.5) is 11.4 Å². The van der Waals surface area contributed by atoms with E-state index in [1.165, 1.54) is 0 Å². The Balaban J connectivity index is 2.07. The Morgan fingerprint density at radius 3 is 2.30 bits per heavy atom. The second-order valence-corrected chi connectivity index (χ2v) is 6.76. The van der Waals surface area contributed by atoms with Crippen LogP contribution in [0, 0.1) is 0 Å². The third-order valence-electron chi connectivity index (χ3n) is 3.13. The lowest BCUT2D eigenvalue weighted by Crippen LogP contribution is -2.05. The van der Waals surface area contributed by atoms with Gasteiger partial charge in [-0.25, -0.2) is 8.42 Å². The molecule has 0 fully saturated rings. The maximum atomic E-state index is 11.7. The number of nitrogens with one attached hydrogen (secondary N) is 1. The highest BCUT2D eigenvalue weighted by molar-refractivity contribution is 7.91. The summed E-state index contributed by atoms with van der Waals surface area (Å²) in [6.45, 7) is 2.24. The number of benzene rings is 2. The molecular weight excluding hydrogens is 272 g/mol. The van der Waals surface area contributed by atoms with Gasteiger partial charge in [0, 0.05) is 17.9 Å². The zero-order valence-electron chi connectivity index (χ0n) is 11.3. The molecule has 0 unspecified atom stereocenters. The minimum atomic E-state index is -3.14. The van der Waals surface area contributed by atoms with Crippen LogP contribution in [0.5, 0.6) is 0 Å². The normalized spacial score (nSPS) is 11.2. The monoisotopic (exact) mass is 290 g/mol. The molecule has 0 amide bonds. The van der Waals surface area contributed by atoms with Gasteiger partial charge in [0.25, 0.3) is 0 Å². The molecule has 0 saturated carbocycles. The molecule has 0 aromatic heterocycles. The van der Waals surface area contributed by atoms with Gasteiger partial charge >= 0.3 is 0 Å². The summed E-state index contributed by atoms with van der Waals surface area (Å²) in [7, 11) is -3.14. The minimum Gasteiger partial charge on any atom is -0.398 e. The van der Waals surface area contributed by atoms with Crippen molar-refractivity contribution in [2.45, 2.75) is 18.4 Å². The van der Waals surface area contributed by atoms with Gasteiger partial charge < -0.3 is 11.1 Å². The summed E-state index contributed by atoms with van der Waals surface area (Å²) in [6.07, 6.45) is 0. The molecule has 106 valence electrons. The van der Waals surface area contributed by atoms with Gasteiger partial charge in [0.15, 0.2) is 9.84 Å². The number of hydrogen-bond acceptors (Lipinski definition) is 4. The molecule has 2 aromatic carbocycles. The summed E-state index contributed by atoms with van der Waals surface area (Å²) in [5, 5.41) is 3.22. The van der Waals surface area contributed by atoms with Crippen molar-refractivity contribution < 1.29 is 8.42 Å². The lowest BCUT2D eigenvalue weighted by molar-refractivity contribution is 0.597. The molecule has 0 aliphatic rings. The summed E-state index contributed by atoms with van der Waals surface area (Å²) in [4.78, 5) is 0.352. The lowest BCUT2D eigenvalue weighted by atomic mass is 10.2. The molecule has 2 aromatic rings. The van der Waals surface area contributed by atoms with Crippen LogP contribution < -0.4 is 11.1 Å². The van der Waals surface area contributed by atoms with Crippen molar-refractivity contribution in [3.8, 4) is 0 Å². The van der Waals surface area contributed by atoms with E-state index in [2.05, 4.69) is 5.32 Å². The number of para-hydroxylation sites is 1. The molecular formula is C15H18N2O2S. The molecule has 0 aliphatic heterocycles. The molecule has 20 heavy (non-hydrogen) atoms. The van der Waals surface area contributed by atoms with E-state index in [0.29, 0.717) is 11.4 Å². The van der Waals surface area contributed by atoms with E-state index in [1.807, 2.05) is 24.3 Å². The number of anilines is 2. The van der Waals surface area contributed by atoms with E-state index in [1.54, 1.807) is 31.2 Å². The standard InChI is InChI=1S/C15H18N2O2S/c1-2-20(18,19)14-9-7-13(8-10-14)17-11-12-5-3-4-6-15(12)16/h3-10,17H,2,11,16H2,1H3. The molecule has 0 spiro atoms. The van der Waals surface area contributed by atoms with Gasteiger partial charge in [0.2, 0.25) is 0 Å². The molecule has 0 saturated heterocycles. The van der Waals surface area contributed by atoms with Gasteiger partial charge in [-0.1, -0.05) is 25.1 Å². The van der Waals surface area contributed by atoms with Crippen LogP contribution in [0.1, 0.15) is 12.5 Å². The van der Waals surface area contributed by atoms with Gasteiger partial charge in [-0.05, 0) is 35.9 Å². The van der Waals surface area contributed by atoms with Gasteiger partial charge in [-0.3, -0.25) is 0 Å². The summed E-state index contributed by atoms with van der Waals surface area (Å²) >= 11 is 0. The average Bonchev–Trinajstić information content (AvgIpc) is 2.47. The summed E-state index contributed by atoms with van der Waals surface area (Å²) in [6, 6.07) is 14.4. The maximum Gasteiger partial charge on any atom is 0.178 e. The van der Waals surface area contributed by atoms with Gasteiger partial charge in [0.05, 0.1) is 10.6 Å². The van der Waals surface area contributed by atoms with E-state index < -0.39 is 9.84 Å². The predicted octanol–water partition coefficient (Wildman–Crippen LogP) is 2.67. The Labute approximate surface area is 119 Å². The summed E-state index contributed by atoms with van der Waals surface area (Å²) in [5.41, 5.74) is 8.48. The second-order valence-electron chi connectivity index (χ2n) is 4.48. The SMILES string of the molecule is CCS(=O)(=O)c1ccc(NCc2ccccc2N)cc1.